The van der Waals surface area contributed by atoms with Crippen LogP contribution in [0.1, 0.15) is 46.5 Å². The van der Waals surface area contributed by atoms with Crippen LogP contribution in [0.2, 0.25) is 0 Å². The lowest BCUT2D eigenvalue weighted by atomic mass is 9.73. The maximum Gasteiger partial charge on any atom is 0.266 e. The van der Waals surface area contributed by atoms with Gasteiger partial charge in [0.1, 0.15) is 5.41 Å². The predicted molar refractivity (Wildman–Crippen MR) is 98.0 cm³/mol. The molecule has 0 heterocycles. The van der Waals surface area contributed by atoms with Crippen molar-refractivity contribution in [1.29, 1.82) is 0 Å². The number of rotatable bonds is 6. The molecular formula is C21H23ClN2O3. The van der Waals surface area contributed by atoms with Crippen molar-refractivity contribution >= 4 is 17.5 Å². The molecule has 5 nitrogen and oxygen atoms in total. The Balaban J connectivity index is 0.00000261. The zero-order valence-electron chi connectivity index (χ0n) is 15.4. The highest BCUT2D eigenvalue weighted by atomic mass is 35.5. The minimum atomic E-state index is -1.48. The third-order valence-electron chi connectivity index (χ3n) is 5.05. The normalized spacial score (nSPS) is 14.6. The maximum atomic E-state index is 13.3. The van der Waals surface area contributed by atoms with Gasteiger partial charge in [-0.05, 0) is 19.4 Å². The van der Waals surface area contributed by atoms with Crippen LogP contribution in [0.5, 0.6) is 0 Å². The molecule has 0 aromatic heterocycles. The van der Waals surface area contributed by atoms with Crippen LogP contribution in [-0.2, 0) is 10.2 Å². The SMILES string of the molecule is CC[NH+](CC)NC(=O)CC1(c2ccccc2)C(=O)c2ccccc2C1=O.[Cl-]. The Morgan fingerprint density at radius 2 is 1.37 bits per heavy atom. The van der Waals surface area contributed by atoms with E-state index in [1.807, 2.05) is 19.9 Å². The van der Waals surface area contributed by atoms with Crippen molar-refractivity contribution in [2.75, 3.05) is 13.1 Å². The highest BCUT2D eigenvalue weighted by Crippen LogP contribution is 2.42. The number of ketones is 2. The van der Waals surface area contributed by atoms with E-state index < -0.39 is 5.41 Å². The van der Waals surface area contributed by atoms with Crippen molar-refractivity contribution in [2.45, 2.75) is 25.7 Å². The molecule has 1 aliphatic rings. The molecule has 0 saturated heterocycles. The van der Waals surface area contributed by atoms with E-state index in [9.17, 15) is 14.4 Å². The van der Waals surface area contributed by atoms with Gasteiger partial charge >= 0.3 is 0 Å². The van der Waals surface area contributed by atoms with Crippen LogP contribution in [0.25, 0.3) is 0 Å². The minimum Gasteiger partial charge on any atom is -1.00 e. The van der Waals surface area contributed by atoms with Crippen molar-refractivity contribution in [2.24, 2.45) is 0 Å². The van der Waals surface area contributed by atoms with Gasteiger partial charge in [-0.15, -0.1) is 0 Å². The molecule has 0 spiro atoms. The number of carbonyl (C=O) groups is 3. The lowest BCUT2D eigenvalue weighted by Gasteiger charge is -2.26. The van der Waals surface area contributed by atoms with Crippen LogP contribution >= 0.6 is 0 Å². The summed E-state index contributed by atoms with van der Waals surface area (Å²) in [5.41, 5.74) is 2.75. The summed E-state index contributed by atoms with van der Waals surface area (Å²) < 4.78 is 0. The Hall–Kier alpha value is -2.50. The monoisotopic (exact) mass is 386 g/mol. The Kier molecular flexibility index (Phi) is 6.52. The van der Waals surface area contributed by atoms with Crippen LogP contribution in [0.3, 0.4) is 0 Å². The smallest absolute Gasteiger partial charge is 0.266 e. The van der Waals surface area contributed by atoms with Crippen molar-refractivity contribution in [3.8, 4) is 0 Å². The topological polar surface area (TPSA) is 67.7 Å². The number of amides is 1. The number of Topliss-reactive ketones (excluding diaryl/α,β-unsaturated/α-hetero) is 2. The lowest BCUT2D eigenvalue weighted by molar-refractivity contribution is -0.932. The summed E-state index contributed by atoms with van der Waals surface area (Å²) >= 11 is 0. The number of hydrogen-bond donors (Lipinski definition) is 2. The zero-order valence-corrected chi connectivity index (χ0v) is 16.2. The van der Waals surface area contributed by atoms with E-state index in [1.54, 1.807) is 48.5 Å². The molecule has 0 atom stereocenters. The summed E-state index contributed by atoms with van der Waals surface area (Å²) in [5, 5.41) is 0.897. The van der Waals surface area contributed by atoms with E-state index in [0.717, 1.165) is 18.1 Å². The molecule has 0 saturated carbocycles. The van der Waals surface area contributed by atoms with Crippen molar-refractivity contribution in [3.05, 3.63) is 71.3 Å². The van der Waals surface area contributed by atoms with E-state index in [-0.39, 0.29) is 36.3 Å². The van der Waals surface area contributed by atoms with Crippen LogP contribution in [0.4, 0.5) is 0 Å². The van der Waals surface area contributed by atoms with Gasteiger partial charge in [0.15, 0.2) is 11.6 Å². The van der Waals surface area contributed by atoms with Gasteiger partial charge in [-0.2, -0.15) is 0 Å². The molecule has 1 amide bonds. The van der Waals surface area contributed by atoms with E-state index in [4.69, 9.17) is 0 Å². The van der Waals surface area contributed by atoms with Gasteiger partial charge in [0.25, 0.3) is 5.91 Å². The van der Waals surface area contributed by atoms with Crippen LogP contribution < -0.4 is 22.8 Å². The molecule has 0 radical (unpaired) electrons. The van der Waals surface area contributed by atoms with Crippen molar-refractivity contribution < 1.29 is 31.8 Å². The Morgan fingerprint density at radius 3 is 1.85 bits per heavy atom. The Morgan fingerprint density at radius 1 is 0.889 bits per heavy atom. The van der Waals surface area contributed by atoms with Crippen LogP contribution in [0, 0.1) is 0 Å². The van der Waals surface area contributed by atoms with Gasteiger partial charge in [0, 0.05) is 11.1 Å². The third-order valence-corrected chi connectivity index (χ3v) is 5.05. The van der Waals surface area contributed by atoms with E-state index in [0.29, 0.717) is 16.7 Å². The second-order valence-corrected chi connectivity index (χ2v) is 6.51. The van der Waals surface area contributed by atoms with Gasteiger partial charge in [-0.1, -0.05) is 54.6 Å². The Labute approximate surface area is 165 Å². The molecule has 1 aliphatic carbocycles. The molecule has 27 heavy (non-hydrogen) atoms. The molecule has 2 N–H and O–H groups in total. The summed E-state index contributed by atoms with van der Waals surface area (Å²) in [6, 6.07) is 15.7. The number of hydrogen-bond acceptors (Lipinski definition) is 3. The molecule has 3 rings (SSSR count). The fourth-order valence-corrected chi connectivity index (χ4v) is 3.60. The molecule has 2 aromatic carbocycles. The van der Waals surface area contributed by atoms with Crippen LogP contribution in [0.15, 0.2) is 54.6 Å². The van der Waals surface area contributed by atoms with Crippen LogP contribution in [-0.4, -0.2) is 30.6 Å². The average Bonchev–Trinajstić information content (AvgIpc) is 2.89. The summed E-state index contributed by atoms with van der Waals surface area (Å²) in [7, 11) is 0. The average molecular weight is 387 g/mol. The number of nitrogens with one attached hydrogen (secondary N) is 2. The first-order valence-corrected chi connectivity index (χ1v) is 8.93. The van der Waals surface area contributed by atoms with Gasteiger partial charge in [0.05, 0.1) is 19.5 Å². The van der Waals surface area contributed by atoms with Gasteiger partial charge in [-0.3, -0.25) is 14.4 Å². The molecular weight excluding hydrogens is 364 g/mol. The maximum absolute atomic E-state index is 13.3. The highest BCUT2D eigenvalue weighted by Gasteiger charge is 2.55. The molecule has 6 heteroatoms. The number of quaternary nitrogens is 1. The fraction of sp³-hybridized carbons (Fsp3) is 0.286. The zero-order chi connectivity index (χ0) is 18.7. The second-order valence-electron chi connectivity index (χ2n) is 6.51. The first-order chi connectivity index (χ1) is 12.5. The molecule has 142 valence electrons. The van der Waals surface area contributed by atoms with Gasteiger partial charge < -0.3 is 12.4 Å². The minimum absolute atomic E-state index is 0. The number of carbonyl (C=O) groups excluding carboxylic acids is 3. The molecule has 2 aromatic rings. The van der Waals surface area contributed by atoms with Gasteiger partial charge in [-0.25, -0.2) is 10.4 Å². The molecule has 0 unspecified atom stereocenters. The summed E-state index contributed by atoms with van der Waals surface area (Å²) in [4.78, 5) is 39.3. The molecule has 0 bridgehead atoms. The Bertz CT molecular complexity index is 813. The number of fused-ring (bicyclic) bond motifs is 1. The van der Waals surface area contributed by atoms with Crippen molar-refractivity contribution in [3.63, 3.8) is 0 Å². The first kappa shape index (κ1) is 20.8. The first-order valence-electron chi connectivity index (χ1n) is 8.93. The number of halogens is 1. The van der Waals surface area contributed by atoms with Gasteiger partial charge in [0.2, 0.25) is 0 Å². The highest BCUT2D eigenvalue weighted by molar-refractivity contribution is 6.34. The fourth-order valence-electron chi connectivity index (χ4n) is 3.60. The summed E-state index contributed by atoms with van der Waals surface area (Å²) in [6.45, 7) is 5.38. The second kappa shape index (κ2) is 8.46. The third kappa shape index (κ3) is 3.53. The largest absolute Gasteiger partial charge is 1.00 e. The molecule has 0 aliphatic heterocycles. The predicted octanol–water partition coefficient (Wildman–Crippen LogP) is -1.65. The summed E-state index contributed by atoms with van der Waals surface area (Å²) in [5.74, 6) is -0.898. The van der Waals surface area contributed by atoms with E-state index in [1.165, 1.54) is 0 Å². The quantitative estimate of drug-likeness (QED) is 0.462. The standard InChI is InChI=1S/C21H22N2O3.ClH/c1-3-23(4-2)22-18(24)14-21(15-10-6-5-7-11-15)19(25)16-12-8-9-13-17(16)20(21)26;/h5-13H,3-4,14H2,1-2H3,(H,22,24);1H. The summed E-state index contributed by atoms with van der Waals surface area (Å²) in [6.07, 6.45) is -0.188. The van der Waals surface area contributed by atoms with E-state index >= 15 is 0 Å². The van der Waals surface area contributed by atoms with Crippen molar-refractivity contribution in [1.82, 2.24) is 5.43 Å². The number of benzene rings is 2. The van der Waals surface area contributed by atoms with E-state index in [2.05, 4.69) is 5.43 Å². The lowest BCUT2D eigenvalue weighted by Crippen LogP contribution is -3.18. The molecule has 0 fully saturated rings.